The third-order valence-electron chi connectivity index (χ3n) is 1.71. The largest absolute Gasteiger partial charge is 0.382 e. The van der Waals surface area contributed by atoms with E-state index in [1.807, 2.05) is 0 Å². The van der Waals surface area contributed by atoms with Crippen molar-refractivity contribution in [1.29, 1.82) is 0 Å². The van der Waals surface area contributed by atoms with Crippen LogP contribution < -0.4 is 11.1 Å². The third kappa shape index (κ3) is 2.97. The van der Waals surface area contributed by atoms with Crippen LogP contribution in [0.25, 0.3) is 0 Å². The Morgan fingerprint density at radius 3 is 2.73 bits per heavy atom. The Morgan fingerprint density at radius 1 is 1.53 bits per heavy atom. The molecule has 0 aromatic heterocycles. The predicted molar refractivity (Wildman–Crippen MR) is 50.0 cm³/mol. The second kappa shape index (κ2) is 4.81. The molecule has 0 saturated carbocycles. The van der Waals surface area contributed by atoms with Crippen LogP contribution in [0.2, 0.25) is 0 Å². The van der Waals surface area contributed by atoms with Gasteiger partial charge >= 0.3 is 0 Å². The monoisotopic (exact) mass is 216 g/mol. The van der Waals surface area contributed by atoms with Crippen molar-refractivity contribution < 1.29 is 18.7 Å². The van der Waals surface area contributed by atoms with Gasteiger partial charge in [0.05, 0.1) is 5.69 Å². The number of halogens is 2. The van der Waals surface area contributed by atoms with E-state index in [0.717, 1.165) is 12.1 Å². The molecule has 15 heavy (non-hydrogen) atoms. The number of hydrogen-bond acceptors (Lipinski definition) is 3. The molecule has 0 aliphatic carbocycles. The van der Waals surface area contributed by atoms with Gasteiger partial charge in [-0.3, -0.25) is 4.79 Å². The highest BCUT2D eigenvalue weighted by atomic mass is 19.1. The van der Waals surface area contributed by atoms with Crippen LogP contribution in [0.5, 0.6) is 0 Å². The van der Waals surface area contributed by atoms with Gasteiger partial charge in [-0.1, -0.05) is 0 Å². The molecule has 4 N–H and O–H groups in total. The van der Waals surface area contributed by atoms with Crippen molar-refractivity contribution >= 4 is 11.6 Å². The molecule has 1 atom stereocenters. The first-order valence-corrected chi connectivity index (χ1v) is 4.18. The Balaban J connectivity index is 2.77. The summed E-state index contributed by atoms with van der Waals surface area (Å²) in [7, 11) is 0. The average molecular weight is 216 g/mol. The van der Waals surface area contributed by atoms with Gasteiger partial charge < -0.3 is 16.2 Å². The number of rotatable bonds is 3. The molecule has 0 aliphatic heterocycles. The molecule has 82 valence electrons. The Kier molecular flexibility index (Phi) is 3.70. The van der Waals surface area contributed by atoms with Crippen molar-refractivity contribution in [2.75, 3.05) is 11.9 Å². The quantitative estimate of drug-likeness (QED) is 0.676. The lowest BCUT2D eigenvalue weighted by Crippen LogP contribution is -2.34. The predicted octanol–water partition coefficient (Wildman–Crippen LogP) is 0.223. The van der Waals surface area contributed by atoms with E-state index in [0.29, 0.717) is 6.07 Å². The summed E-state index contributed by atoms with van der Waals surface area (Å²) in [5.74, 6) is -2.49. The zero-order chi connectivity index (χ0) is 11.4. The summed E-state index contributed by atoms with van der Waals surface area (Å²) in [6.45, 7) is -0.269. The lowest BCUT2D eigenvalue weighted by molar-refractivity contribution is -0.123. The number of aliphatic hydroxyl groups is 1. The van der Waals surface area contributed by atoms with Crippen LogP contribution >= 0.6 is 0 Å². The van der Waals surface area contributed by atoms with Crippen molar-refractivity contribution in [3.63, 3.8) is 0 Å². The molecule has 4 nitrogen and oxygen atoms in total. The first-order chi connectivity index (χ1) is 7.04. The molecular weight excluding hydrogens is 206 g/mol. The summed E-state index contributed by atoms with van der Waals surface area (Å²) >= 11 is 0. The summed E-state index contributed by atoms with van der Waals surface area (Å²) in [4.78, 5) is 11.1. The number of aliphatic hydroxyl groups excluding tert-OH is 1. The normalized spacial score (nSPS) is 12.3. The van der Waals surface area contributed by atoms with E-state index in [4.69, 9.17) is 10.8 Å². The van der Waals surface area contributed by atoms with Gasteiger partial charge in [-0.05, 0) is 12.1 Å². The van der Waals surface area contributed by atoms with Crippen LogP contribution in [-0.4, -0.2) is 23.7 Å². The van der Waals surface area contributed by atoms with E-state index in [1.165, 1.54) is 0 Å². The zero-order valence-corrected chi connectivity index (χ0v) is 7.71. The van der Waals surface area contributed by atoms with Gasteiger partial charge in [-0.25, -0.2) is 8.78 Å². The number of amides is 1. The van der Waals surface area contributed by atoms with Gasteiger partial charge in [0.15, 0.2) is 0 Å². The molecule has 1 amide bonds. The lowest BCUT2D eigenvalue weighted by atomic mass is 10.2. The molecule has 0 saturated heterocycles. The van der Waals surface area contributed by atoms with Gasteiger partial charge in [0.1, 0.15) is 17.7 Å². The van der Waals surface area contributed by atoms with E-state index in [1.54, 1.807) is 0 Å². The summed E-state index contributed by atoms with van der Waals surface area (Å²) in [5, 5.41) is 11.1. The fourth-order valence-electron chi connectivity index (χ4n) is 0.914. The summed E-state index contributed by atoms with van der Waals surface area (Å²) in [6.07, 6.45) is -1.41. The van der Waals surface area contributed by atoms with Gasteiger partial charge in [0.25, 0.3) is 5.91 Å². The Bertz CT molecular complexity index is 371. The second-order valence-electron chi connectivity index (χ2n) is 2.86. The smallest absolute Gasteiger partial charge is 0.254 e. The second-order valence-corrected chi connectivity index (χ2v) is 2.86. The molecule has 0 spiro atoms. The van der Waals surface area contributed by atoms with Gasteiger partial charge in [-0.2, -0.15) is 0 Å². The maximum absolute atomic E-state index is 13.0. The van der Waals surface area contributed by atoms with E-state index in [9.17, 15) is 13.6 Å². The number of nitrogens with two attached hydrogens (primary N) is 1. The molecule has 1 unspecified atom stereocenters. The molecule has 0 aliphatic rings. The Hall–Kier alpha value is -1.53. The highest BCUT2D eigenvalue weighted by Gasteiger charge is 2.14. The number of carbonyl (C=O) groups excluding carboxylic acids is 1. The number of anilines is 1. The molecule has 0 fully saturated rings. The molecule has 0 bridgehead atoms. The number of benzene rings is 1. The van der Waals surface area contributed by atoms with Gasteiger partial charge in [-0.15, -0.1) is 0 Å². The Labute approximate surface area is 84.7 Å². The van der Waals surface area contributed by atoms with Gasteiger partial charge in [0.2, 0.25) is 0 Å². The molecular formula is C9H10F2N2O2. The van der Waals surface area contributed by atoms with E-state index >= 15 is 0 Å². The van der Waals surface area contributed by atoms with Crippen LogP contribution in [0, 0.1) is 11.6 Å². The minimum atomic E-state index is -1.41. The molecule has 1 rings (SSSR count). The van der Waals surface area contributed by atoms with Gasteiger partial charge in [0, 0.05) is 12.6 Å². The number of carbonyl (C=O) groups is 1. The first kappa shape index (κ1) is 11.5. The van der Waals surface area contributed by atoms with Crippen molar-refractivity contribution in [3.05, 3.63) is 29.8 Å². The third-order valence-corrected chi connectivity index (χ3v) is 1.71. The zero-order valence-electron chi connectivity index (χ0n) is 7.71. The fraction of sp³-hybridized carbons (Fsp3) is 0.222. The van der Waals surface area contributed by atoms with Crippen molar-refractivity contribution in [3.8, 4) is 0 Å². The Morgan fingerprint density at radius 2 is 2.20 bits per heavy atom. The van der Waals surface area contributed by atoms with E-state index in [-0.39, 0.29) is 12.2 Å². The molecule has 1 aromatic rings. The highest BCUT2D eigenvalue weighted by Crippen LogP contribution is 2.14. The van der Waals surface area contributed by atoms with E-state index in [2.05, 4.69) is 5.32 Å². The highest BCUT2D eigenvalue weighted by molar-refractivity contribution is 5.94. The summed E-state index contributed by atoms with van der Waals surface area (Å²) < 4.78 is 25.5. The maximum Gasteiger partial charge on any atom is 0.254 e. The fourth-order valence-corrected chi connectivity index (χ4v) is 0.914. The van der Waals surface area contributed by atoms with Crippen LogP contribution in [0.3, 0.4) is 0 Å². The number of nitrogens with one attached hydrogen (secondary N) is 1. The average Bonchev–Trinajstić information content (AvgIpc) is 2.20. The molecule has 6 heteroatoms. The van der Waals surface area contributed by atoms with Crippen molar-refractivity contribution in [2.24, 2.45) is 5.73 Å². The van der Waals surface area contributed by atoms with Crippen LogP contribution in [0.4, 0.5) is 14.5 Å². The van der Waals surface area contributed by atoms with Crippen LogP contribution in [-0.2, 0) is 4.79 Å². The SMILES string of the molecule is NCC(O)C(=O)Nc1ccc(F)cc1F. The summed E-state index contributed by atoms with van der Waals surface area (Å²) in [5.41, 5.74) is 4.82. The van der Waals surface area contributed by atoms with Crippen molar-refractivity contribution in [1.82, 2.24) is 0 Å². The van der Waals surface area contributed by atoms with Crippen LogP contribution in [0.1, 0.15) is 0 Å². The van der Waals surface area contributed by atoms with Crippen molar-refractivity contribution in [2.45, 2.75) is 6.10 Å². The summed E-state index contributed by atoms with van der Waals surface area (Å²) in [6, 6.07) is 2.68. The lowest BCUT2D eigenvalue weighted by Gasteiger charge is -2.09. The van der Waals surface area contributed by atoms with E-state index < -0.39 is 23.6 Å². The minimum Gasteiger partial charge on any atom is -0.382 e. The minimum absolute atomic E-state index is 0.200. The molecule has 0 radical (unpaired) electrons. The molecule has 0 heterocycles. The molecule has 1 aromatic carbocycles. The standard InChI is InChI=1S/C9H10F2N2O2/c10-5-1-2-7(6(11)3-5)13-9(15)8(14)4-12/h1-3,8,14H,4,12H2,(H,13,15). The maximum atomic E-state index is 13.0. The first-order valence-electron chi connectivity index (χ1n) is 4.18. The van der Waals surface area contributed by atoms with Crippen LogP contribution in [0.15, 0.2) is 18.2 Å². The topological polar surface area (TPSA) is 75.3 Å². The number of hydrogen-bond donors (Lipinski definition) is 3.